The molecule has 1 N–H and O–H groups in total. The maximum Gasteiger partial charge on any atom is 0.248 e. The molecule has 1 saturated heterocycles. The average Bonchev–Trinajstić information content (AvgIpc) is 2.34. The Labute approximate surface area is 98.3 Å². The highest BCUT2D eigenvalue weighted by Gasteiger charge is 2.24. The fraction of sp³-hybridized carbons (Fsp3) is 0.917. The molecule has 0 aliphatic carbocycles. The lowest BCUT2D eigenvalue weighted by Crippen LogP contribution is -2.47. The number of carbonyl (C=O) groups is 1. The van der Waals surface area contributed by atoms with E-state index in [-0.39, 0.29) is 12.5 Å². The van der Waals surface area contributed by atoms with Crippen molar-refractivity contribution in [1.29, 1.82) is 0 Å². The van der Waals surface area contributed by atoms with Crippen LogP contribution in [0.3, 0.4) is 0 Å². The molecule has 0 radical (unpaired) electrons. The number of rotatable bonds is 6. The van der Waals surface area contributed by atoms with Gasteiger partial charge >= 0.3 is 0 Å². The van der Waals surface area contributed by atoms with Crippen LogP contribution in [0.1, 0.15) is 33.1 Å². The highest BCUT2D eigenvalue weighted by atomic mass is 16.5. The molecule has 0 aromatic heterocycles. The van der Waals surface area contributed by atoms with E-state index in [2.05, 4.69) is 12.2 Å². The van der Waals surface area contributed by atoms with Crippen LogP contribution in [-0.2, 0) is 9.53 Å². The van der Waals surface area contributed by atoms with Crippen LogP contribution in [0.2, 0.25) is 0 Å². The first-order chi connectivity index (χ1) is 7.79. The summed E-state index contributed by atoms with van der Waals surface area (Å²) in [6, 6.07) is 0.411. The normalized spacial score (nSPS) is 17.4. The van der Waals surface area contributed by atoms with Gasteiger partial charge in [-0.1, -0.05) is 6.92 Å². The van der Waals surface area contributed by atoms with Gasteiger partial charge in [-0.25, -0.2) is 0 Å². The second-order valence-corrected chi connectivity index (χ2v) is 4.21. The molecule has 0 bridgehead atoms. The van der Waals surface area contributed by atoms with Crippen LogP contribution in [0.5, 0.6) is 0 Å². The van der Waals surface area contributed by atoms with Gasteiger partial charge < -0.3 is 15.0 Å². The van der Waals surface area contributed by atoms with E-state index in [9.17, 15) is 4.79 Å². The summed E-state index contributed by atoms with van der Waals surface area (Å²) in [5, 5.41) is 3.32. The third kappa shape index (κ3) is 4.10. The van der Waals surface area contributed by atoms with E-state index in [1.54, 1.807) is 0 Å². The SMILES string of the molecule is CCCN(C(=O)COCC)C1CCNCC1. The van der Waals surface area contributed by atoms with Gasteiger partial charge in [0.2, 0.25) is 5.91 Å². The summed E-state index contributed by atoms with van der Waals surface area (Å²) in [6.07, 6.45) is 3.15. The van der Waals surface area contributed by atoms with Crippen molar-refractivity contribution in [1.82, 2.24) is 10.2 Å². The van der Waals surface area contributed by atoms with Crippen LogP contribution in [0, 0.1) is 0 Å². The largest absolute Gasteiger partial charge is 0.372 e. The molecule has 16 heavy (non-hydrogen) atoms. The van der Waals surface area contributed by atoms with E-state index in [1.165, 1.54) is 0 Å². The molecule has 1 aliphatic rings. The highest BCUT2D eigenvalue weighted by Crippen LogP contribution is 2.12. The highest BCUT2D eigenvalue weighted by molar-refractivity contribution is 5.77. The Balaban J connectivity index is 2.47. The summed E-state index contributed by atoms with van der Waals surface area (Å²) < 4.78 is 5.21. The summed E-state index contributed by atoms with van der Waals surface area (Å²) in [5.41, 5.74) is 0. The Hall–Kier alpha value is -0.610. The van der Waals surface area contributed by atoms with Crippen molar-refractivity contribution >= 4 is 5.91 Å². The van der Waals surface area contributed by atoms with E-state index in [1.807, 2.05) is 11.8 Å². The van der Waals surface area contributed by atoms with E-state index in [0.717, 1.165) is 38.9 Å². The van der Waals surface area contributed by atoms with Gasteiger partial charge in [0, 0.05) is 19.2 Å². The molecule has 4 nitrogen and oxygen atoms in total. The number of ether oxygens (including phenoxy) is 1. The van der Waals surface area contributed by atoms with Gasteiger partial charge in [0.1, 0.15) is 6.61 Å². The molecule has 0 aromatic carbocycles. The molecule has 94 valence electrons. The van der Waals surface area contributed by atoms with Gasteiger partial charge in [-0.15, -0.1) is 0 Å². The molecule has 0 spiro atoms. The van der Waals surface area contributed by atoms with Crippen molar-refractivity contribution in [2.24, 2.45) is 0 Å². The number of nitrogens with one attached hydrogen (secondary N) is 1. The van der Waals surface area contributed by atoms with Crippen LogP contribution < -0.4 is 5.32 Å². The second kappa shape index (κ2) is 7.63. The fourth-order valence-electron chi connectivity index (χ4n) is 2.14. The predicted molar refractivity (Wildman–Crippen MR) is 64.4 cm³/mol. The van der Waals surface area contributed by atoms with Crippen molar-refractivity contribution in [3.8, 4) is 0 Å². The second-order valence-electron chi connectivity index (χ2n) is 4.21. The van der Waals surface area contributed by atoms with Crippen LogP contribution in [0.15, 0.2) is 0 Å². The summed E-state index contributed by atoms with van der Waals surface area (Å²) >= 11 is 0. The van der Waals surface area contributed by atoms with Crippen molar-refractivity contribution in [2.45, 2.75) is 39.2 Å². The molecule has 1 fully saturated rings. The van der Waals surface area contributed by atoms with E-state index in [4.69, 9.17) is 4.74 Å². The van der Waals surface area contributed by atoms with Gasteiger partial charge in [0.15, 0.2) is 0 Å². The maximum atomic E-state index is 12.0. The van der Waals surface area contributed by atoms with Crippen LogP contribution in [0.4, 0.5) is 0 Å². The van der Waals surface area contributed by atoms with Crippen molar-refractivity contribution in [3.63, 3.8) is 0 Å². The molecule has 0 saturated carbocycles. The number of hydrogen-bond acceptors (Lipinski definition) is 3. The average molecular weight is 228 g/mol. The standard InChI is InChI=1S/C12H24N2O2/c1-3-9-14(12(15)10-16-4-2)11-5-7-13-8-6-11/h11,13H,3-10H2,1-2H3. The molecule has 0 aromatic rings. The van der Waals surface area contributed by atoms with Crippen LogP contribution in [-0.4, -0.2) is 49.7 Å². The summed E-state index contributed by atoms with van der Waals surface area (Å²) in [4.78, 5) is 14.0. The quantitative estimate of drug-likeness (QED) is 0.738. The Morgan fingerprint density at radius 2 is 2.06 bits per heavy atom. The zero-order valence-electron chi connectivity index (χ0n) is 10.5. The number of amides is 1. The van der Waals surface area contributed by atoms with Crippen molar-refractivity contribution in [3.05, 3.63) is 0 Å². The van der Waals surface area contributed by atoms with Gasteiger partial charge in [-0.05, 0) is 39.3 Å². The minimum atomic E-state index is 0.149. The lowest BCUT2D eigenvalue weighted by atomic mass is 10.0. The molecule has 1 rings (SSSR count). The Bertz CT molecular complexity index is 203. The molecule has 1 heterocycles. The number of hydrogen-bond donors (Lipinski definition) is 1. The summed E-state index contributed by atoms with van der Waals surface area (Å²) in [5.74, 6) is 0.149. The monoisotopic (exact) mass is 228 g/mol. The van der Waals surface area contributed by atoms with E-state index in [0.29, 0.717) is 12.6 Å². The predicted octanol–water partition coefficient (Wildman–Crippen LogP) is 1.01. The third-order valence-corrected chi connectivity index (χ3v) is 2.96. The minimum Gasteiger partial charge on any atom is -0.372 e. The Morgan fingerprint density at radius 1 is 1.38 bits per heavy atom. The smallest absolute Gasteiger partial charge is 0.248 e. The molecule has 0 atom stereocenters. The molecule has 1 aliphatic heterocycles. The summed E-state index contributed by atoms with van der Waals surface area (Å²) in [7, 11) is 0. The van der Waals surface area contributed by atoms with Gasteiger partial charge in [0.05, 0.1) is 0 Å². The van der Waals surface area contributed by atoms with Crippen LogP contribution in [0.25, 0.3) is 0 Å². The fourth-order valence-corrected chi connectivity index (χ4v) is 2.14. The minimum absolute atomic E-state index is 0.149. The van der Waals surface area contributed by atoms with E-state index < -0.39 is 0 Å². The lowest BCUT2D eigenvalue weighted by molar-refractivity contribution is -0.138. The molecular formula is C12H24N2O2. The zero-order valence-corrected chi connectivity index (χ0v) is 10.5. The number of carbonyl (C=O) groups excluding carboxylic acids is 1. The number of piperidine rings is 1. The maximum absolute atomic E-state index is 12.0. The number of nitrogens with zero attached hydrogens (tertiary/aromatic N) is 1. The molecule has 0 unspecified atom stereocenters. The topological polar surface area (TPSA) is 41.6 Å². The Kier molecular flexibility index (Phi) is 6.42. The first-order valence-corrected chi connectivity index (χ1v) is 6.37. The zero-order chi connectivity index (χ0) is 11.8. The van der Waals surface area contributed by atoms with Gasteiger partial charge in [-0.3, -0.25) is 4.79 Å². The van der Waals surface area contributed by atoms with Crippen molar-refractivity contribution < 1.29 is 9.53 Å². The van der Waals surface area contributed by atoms with Gasteiger partial charge in [-0.2, -0.15) is 0 Å². The first kappa shape index (κ1) is 13.5. The molecule has 4 heteroatoms. The Morgan fingerprint density at radius 3 is 2.62 bits per heavy atom. The molecular weight excluding hydrogens is 204 g/mol. The van der Waals surface area contributed by atoms with Crippen LogP contribution >= 0.6 is 0 Å². The van der Waals surface area contributed by atoms with E-state index >= 15 is 0 Å². The molecule has 1 amide bonds. The summed E-state index contributed by atoms with van der Waals surface area (Å²) in [6.45, 7) is 7.78. The lowest BCUT2D eigenvalue weighted by Gasteiger charge is -2.34. The van der Waals surface area contributed by atoms with Crippen molar-refractivity contribution in [2.75, 3.05) is 32.8 Å². The first-order valence-electron chi connectivity index (χ1n) is 6.37. The van der Waals surface area contributed by atoms with Gasteiger partial charge in [0.25, 0.3) is 0 Å². The third-order valence-electron chi connectivity index (χ3n) is 2.96.